The Balaban J connectivity index is 1.22. The van der Waals surface area contributed by atoms with Gasteiger partial charge < -0.3 is 14.9 Å². The normalized spacial score (nSPS) is 11.7. The van der Waals surface area contributed by atoms with Gasteiger partial charge in [-0.2, -0.15) is 5.26 Å². The number of carboxylic acid groups (broad SMARTS) is 1. The Bertz CT molecular complexity index is 2500. The van der Waals surface area contributed by atoms with E-state index in [-0.39, 0.29) is 5.57 Å². The van der Waals surface area contributed by atoms with Gasteiger partial charge in [-0.3, -0.25) is 0 Å². The van der Waals surface area contributed by atoms with Crippen molar-refractivity contribution in [1.29, 1.82) is 5.26 Å². The van der Waals surface area contributed by atoms with E-state index in [1.165, 1.54) is 27.6 Å². The lowest BCUT2D eigenvalue weighted by atomic mass is 9.92. The second-order valence-electron chi connectivity index (χ2n) is 12.3. The molecule has 0 aliphatic heterocycles. The summed E-state index contributed by atoms with van der Waals surface area (Å²) in [7, 11) is 0. The Morgan fingerprint density at radius 1 is 0.510 bits per heavy atom. The molecule has 5 nitrogen and oxygen atoms in total. The lowest BCUT2D eigenvalue weighted by Crippen LogP contribution is -2.10. The van der Waals surface area contributed by atoms with Crippen molar-refractivity contribution < 1.29 is 9.90 Å². The van der Waals surface area contributed by atoms with Crippen LogP contribution in [0.15, 0.2) is 182 Å². The third-order valence-corrected chi connectivity index (χ3v) is 9.12. The molecule has 0 bridgehead atoms. The highest BCUT2D eigenvalue weighted by Crippen LogP contribution is 2.44. The molecule has 0 unspecified atom stereocenters. The van der Waals surface area contributed by atoms with Gasteiger partial charge in [0.05, 0.1) is 0 Å². The molecular formula is C46H31N3O2. The molecule has 242 valence electrons. The van der Waals surface area contributed by atoms with Gasteiger partial charge in [0.15, 0.2) is 0 Å². The molecule has 5 heteroatoms. The zero-order valence-electron chi connectivity index (χ0n) is 27.5. The fourth-order valence-corrected chi connectivity index (χ4v) is 6.84. The monoisotopic (exact) mass is 657 g/mol. The molecule has 1 N–H and O–H groups in total. The molecule has 0 radical (unpaired) electrons. The predicted octanol–water partition coefficient (Wildman–Crippen LogP) is 12.1. The highest BCUT2D eigenvalue weighted by atomic mass is 16.4. The van der Waals surface area contributed by atoms with Crippen LogP contribution < -0.4 is 9.80 Å². The van der Waals surface area contributed by atoms with E-state index in [1.807, 2.05) is 42.5 Å². The van der Waals surface area contributed by atoms with Crippen LogP contribution in [0.3, 0.4) is 0 Å². The van der Waals surface area contributed by atoms with Crippen molar-refractivity contribution in [1.82, 2.24) is 0 Å². The third-order valence-electron chi connectivity index (χ3n) is 9.12. The van der Waals surface area contributed by atoms with E-state index < -0.39 is 5.97 Å². The van der Waals surface area contributed by atoms with Crippen LogP contribution in [0.1, 0.15) is 5.56 Å². The summed E-state index contributed by atoms with van der Waals surface area (Å²) in [6, 6.07) is 59.1. The van der Waals surface area contributed by atoms with Gasteiger partial charge in [0.25, 0.3) is 0 Å². The summed E-state index contributed by atoms with van der Waals surface area (Å²) in [5.41, 5.74) is 6.95. The van der Waals surface area contributed by atoms with Gasteiger partial charge in [-0.25, -0.2) is 4.79 Å². The second kappa shape index (κ2) is 13.4. The summed E-state index contributed by atoms with van der Waals surface area (Å²) in [6.45, 7) is 0. The molecule has 0 amide bonds. The predicted molar refractivity (Wildman–Crippen MR) is 210 cm³/mol. The summed E-state index contributed by atoms with van der Waals surface area (Å²) in [5.74, 6) is -1.24. The molecule has 0 aliphatic rings. The van der Waals surface area contributed by atoms with Crippen LogP contribution in [-0.4, -0.2) is 11.1 Å². The van der Waals surface area contributed by atoms with E-state index in [2.05, 4.69) is 131 Å². The number of para-hydroxylation sites is 3. The van der Waals surface area contributed by atoms with E-state index in [9.17, 15) is 4.79 Å². The van der Waals surface area contributed by atoms with Crippen molar-refractivity contribution in [2.24, 2.45) is 0 Å². The smallest absolute Gasteiger partial charge is 0.346 e. The third kappa shape index (κ3) is 6.03. The van der Waals surface area contributed by atoms with Crippen LogP contribution in [0.4, 0.5) is 34.1 Å². The lowest BCUT2D eigenvalue weighted by Gasteiger charge is -2.27. The van der Waals surface area contributed by atoms with Gasteiger partial charge in [-0.1, -0.05) is 103 Å². The van der Waals surface area contributed by atoms with Crippen LogP contribution in [0.5, 0.6) is 0 Å². The number of allylic oxidation sites excluding steroid dienone is 2. The standard InChI is InChI=1S/C46H31N3O2/c47-31-37(46(50)51)12-10-11-32-19-25-41(26-20-32)49(40-17-8-3-9-18-40)43-29-35-23-21-33-27-42(28-34-22-24-36(30-43)45(35)44(33)34)48(38-13-4-1-5-14-38)39-15-6-2-7-16-39/h1-30H,(H,50,51)/b11-10+,37-12+. The number of aliphatic carboxylic acids is 1. The number of nitrogens with zero attached hydrogens (tertiary/aromatic N) is 3. The zero-order valence-corrected chi connectivity index (χ0v) is 27.5. The van der Waals surface area contributed by atoms with Crippen LogP contribution in [0.2, 0.25) is 0 Å². The van der Waals surface area contributed by atoms with E-state index >= 15 is 0 Å². The summed E-state index contributed by atoms with van der Waals surface area (Å²) >= 11 is 0. The Morgan fingerprint density at radius 3 is 1.24 bits per heavy atom. The number of hydrogen-bond acceptors (Lipinski definition) is 4. The fourth-order valence-electron chi connectivity index (χ4n) is 6.84. The number of rotatable bonds is 9. The van der Waals surface area contributed by atoms with Crippen molar-refractivity contribution in [2.75, 3.05) is 9.80 Å². The van der Waals surface area contributed by atoms with Crippen LogP contribution >= 0.6 is 0 Å². The maximum Gasteiger partial charge on any atom is 0.346 e. The summed E-state index contributed by atoms with van der Waals surface area (Å²) in [6.07, 6.45) is 4.67. The number of hydrogen-bond donors (Lipinski definition) is 1. The summed E-state index contributed by atoms with van der Waals surface area (Å²) < 4.78 is 0. The number of carbonyl (C=O) groups is 1. The molecule has 0 saturated carbocycles. The maximum atomic E-state index is 11.2. The minimum atomic E-state index is -1.24. The number of nitriles is 1. The van der Waals surface area contributed by atoms with E-state index in [0.717, 1.165) is 50.5 Å². The molecule has 0 saturated heterocycles. The van der Waals surface area contributed by atoms with Crippen LogP contribution in [0, 0.1) is 11.3 Å². The van der Waals surface area contributed by atoms with Gasteiger partial charge in [0.2, 0.25) is 0 Å². The van der Waals surface area contributed by atoms with Crippen molar-refractivity contribution in [3.63, 3.8) is 0 Å². The minimum absolute atomic E-state index is 0.311. The molecule has 51 heavy (non-hydrogen) atoms. The Morgan fingerprint density at radius 2 is 0.882 bits per heavy atom. The molecular weight excluding hydrogens is 627 g/mol. The number of carboxylic acids is 1. The van der Waals surface area contributed by atoms with Crippen LogP contribution in [-0.2, 0) is 4.79 Å². The van der Waals surface area contributed by atoms with Gasteiger partial charge in [-0.05, 0) is 117 Å². The Kier molecular flexibility index (Phi) is 8.17. The van der Waals surface area contributed by atoms with Gasteiger partial charge in [0, 0.05) is 34.1 Å². The molecule has 0 heterocycles. The van der Waals surface area contributed by atoms with E-state index in [0.29, 0.717) is 0 Å². The van der Waals surface area contributed by atoms with Gasteiger partial charge in [0.1, 0.15) is 11.6 Å². The molecule has 0 spiro atoms. The highest BCUT2D eigenvalue weighted by molar-refractivity contribution is 6.24. The molecule has 8 aromatic rings. The first-order valence-corrected chi connectivity index (χ1v) is 16.7. The van der Waals surface area contributed by atoms with Gasteiger partial charge in [-0.15, -0.1) is 0 Å². The quantitative estimate of drug-likeness (QED) is 0.0724. The van der Waals surface area contributed by atoms with Gasteiger partial charge >= 0.3 is 5.97 Å². The maximum absolute atomic E-state index is 11.2. The van der Waals surface area contributed by atoms with E-state index in [4.69, 9.17) is 10.4 Å². The van der Waals surface area contributed by atoms with Crippen molar-refractivity contribution in [3.8, 4) is 6.07 Å². The molecule has 8 rings (SSSR count). The largest absolute Gasteiger partial charge is 0.477 e. The fraction of sp³-hybridized carbons (Fsp3) is 0. The van der Waals surface area contributed by atoms with Crippen molar-refractivity contribution >= 4 is 78.5 Å². The number of anilines is 6. The minimum Gasteiger partial charge on any atom is -0.477 e. The second-order valence-corrected chi connectivity index (χ2v) is 12.3. The molecule has 0 aromatic heterocycles. The van der Waals surface area contributed by atoms with E-state index in [1.54, 1.807) is 18.2 Å². The lowest BCUT2D eigenvalue weighted by molar-refractivity contribution is -0.132. The molecule has 0 aliphatic carbocycles. The first-order valence-electron chi connectivity index (χ1n) is 16.7. The molecule has 0 atom stereocenters. The average molecular weight is 658 g/mol. The topological polar surface area (TPSA) is 67.6 Å². The highest BCUT2D eigenvalue weighted by Gasteiger charge is 2.18. The zero-order chi connectivity index (χ0) is 34.7. The average Bonchev–Trinajstić information content (AvgIpc) is 3.17. The summed E-state index contributed by atoms with van der Waals surface area (Å²) in [5, 5.41) is 25.3. The van der Waals surface area contributed by atoms with Crippen molar-refractivity contribution in [2.45, 2.75) is 0 Å². The molecule has 0 fully saturated rings. The Labute approximate surface area is 295 Å². The SMILES string of the molecule is N#C/C(=C\C=C\c1ccc(N(c2ccccc2)c2cc3ccc4cc(N(c5ccccc5)c5ccccc5)cc5ccc(c2)c3c45)cc1)C(=O)O. The van der Waals surface area contributed by atoms with Crippen molar-refractivity contribution in [3.05, 3.63) is 187 Å². The summed E-state index contributed by atoms with van der Waals surface area (Å²) in [4.78, 5) is 15.7. The Hall–Kier alpha value is -7.16. The van der Waals surface area contributed by atoms with Crippen LogP contribution in [0.25, 0.3) is 38.4 Å². The first kappa shape index (κ1) is 31.1. The first-order chi connectivity index (χ1) is 25.1. The molecule has 8 aromatic carbocycles. The number of benzene rings is 8.